The minimum atomic E-state index is 0.545. The lowest BCUT2D eigenvalue weighted by atomic mass is 9.85. The Kier molecular flexibility index (Phi) is 0.963. The van der Waals surface area contributed by atoms with Crippen molar-refractivity contribution in [3.8, 4) is 0 Å². The van der Waals surface area contributed by atoms with Gasteiger partial charge in [0.2, 0.25) is 0 Å². The maximum atomic E-state index is 5.91. The van der Waals surface area contributed by atoms with E-state index in [4.69, 9.17) is 5.73 Å². The summed E-state index contributed by atoms with van der Waals surface area (Å²) < 4.78 is 0. The zero-order valence-corrected chi connectivity index (χ0v) is 6.06. The van der Waals surface area contributed by atoms with Gasteiger partial charge in [0.05, 0.1) is 0 Å². The smallest absolute Gasteiger partial charge is 0.00725 e. The van der Waals surface area contributed by atoms with E-state index in [1.165, 1.54) is 25.7 Å². The maximum absolute atomic E-state index is 5.91. The zero-order valence-electron chi connectivity index (χ0n) is 6.06. The van der Waals surface area contributed by atoms with Crippen LogP contribution in [0, 0.1) is 11.3 Å². The second kappa shape index (κ2) is 1.51. The van der Waals surface area contributed by atoms with Crippen molar-refractivity contribution in [1.82, 2.24) is 0 Å². The molecule has 0 aromatic carbocycles. The van der Waals surface area contributed by atoms with Crippen molar-refractivity contribution in [2.45, 2.75) is 38.6 Å². The number of fused-ring (bicyclic) bond motifs is 2. The number of hydrogen-bond acceptors (Lipinski definition) is 1. The Bertz CT molecular complexity index is 129. The van der Waals surface area contributed by atoms with Gasteiger partial charge in [0.15, 0.2) is 0 Å². The molecule has 0 aliphatic heterocycles. The third kappa shape index (κ3) is 0.710. The monoisotopic (exact) mass is 125 g/mol. The molecule has 2 rings (SSSR count). The Morgan fingerprint density at radius 2 is 2.22 bits per heavy atom. The van der Waals surface area contributed by atoms with Gasteiger partial charge in [0.25, 0.3) is 0 Å². The lowest BCUT2D eigenvalue weighted by molar-refractivity contribution is 0.311. The molecular weight excluding hydrogens is 110 g/mol. The Labute approximate surface area is 56.6 Å². The van der Waals surface area contributed by atoms with Crippen molar-refractivity contribution in [3.63, 3.8) is 0 Å². The zero-order chi connectivity index (χ0) is 6.48. The predicted molar refractivity (Wildman–Crippen MR) is 38.0 cm³/mol. The van der Waals surface area contributed by atoms with Gasteiger partial charge in [-0.3, -0.25) is 0 Å². The molecule has 52 valence electrons. The molecule has 3 atom stereocenters. The van der Waals surface area contributed by atoms with E-state index in [0.29, 0.717) is 11.5 Å². The lowest BCUT2D eigenvalue weighted by Gasteiger charge is -2.23. The van der Waals surface area contributed by atoms with Crippen LogP contribution in [0.1, 0.15) is 32.6 Å². The Hall–Kier alpha value is -0.0400. The molecule has 0 aromatic rings. The lowest BCUT2D eigenvalue weighted by Crippen LogP contribution is -2.28. The van der Waals surface area contributed by atoms with E-state index in [9.17, 15) is 0 Å². The molecule has 0 spiro atoms. The molecule has 1 unspecified atom stereocenters. The molecule has 0 aromatic heterocycles. The Morgan fingerprint density at radius 3 is 2.44 bits per heavy atom. The standard InChI is InChI=1S/C8H15N/c1-8-3-2-6(4-8)7(9)5-8/h6-7H,2-5,9H2,1H3/t6-,7?,8+/m1/s1. The first-order chi connectivity index (χ1) is 4.20. The van der Waals surface area contributed by atoms with Crippen molar-refractivity contribution in [1.29, 1.82) is 0 Å². The molecular formula is C8H15N. The first-order valence-electron chi connectivity index (χ1n) is 3.95. The number of rotatable bonds is 0. The third-order valence-corrected chi connectivity index (χ3v) is 3.21. The highest BCUT2D eigenvalue weighted by Gasteiger charge is 2.45. The SMILES string of the molecule is C[C@]12CC[C@H](C1)C(N)C2. The summed E-state index contributed by atoms with van der Waals surface area (Å²) >= 11 is 0. The fourth-order valence-electron chi connectivity index (χ4n) is 2.66. The van der Waals surface area contributed by atoms with E-state index in [1.54, 1.807) is 0 Å². The van der Waals surface area contributed by atoms with Gasteiger partial charge in [-0.05, 0) is 37.0 Å². The molecule has 0 heterocycles. The van der Waals surface area contributed by atoms with Crippen LogP contribution in [-0.2, 0) is 0 Å². The molecule has 0 saturated heterocycles. The minimum Gasteiger partial charge on any atom is -0.327 e. The average Bonchev–Trinajstić information content (AvgIpc) is 2.20. The van der Waals surface area contributed by atoms with Gasteiger partial charge in [-0.1, -0.05) is 6.92 Å². The first-order valence-corrected chi connectivity index (χ1v) is 3.95. The molecule has 9 heavy (non-hydrogen) atoms. The van der Waals surface area contributed by atoms with E-state index in [-0.39, 0.29) is 0 Å². The van der Waals surface area contributed by atoms with E-state index < -0.39 is 0 Å². The highest BCUT2D eigenvalue weighted by atomic mass is 14.7. The maximum Gasteiger partial charge on any atom is 0.00725 e. The van der Waals surface area contributed by atoms with Gasteiger partial charge < -0.3 is 5.73 Å². The van der Waals surface area contributed by atoms with Crippen LogP contribution in [0.2, 0.25) is 0 Å². The van der Waals surface area contributed by atoms with Gasteiger partial charge in [-0.15, -0.1) is 0 Å². The molecule has 2 fully saturated rings. The highest BCUT2D eigenvalue weighted by molar-refractivity contribution is 4.99. The fourth-order valence-corrected chi connectivity index (χ4v) is 2.66. The molecule has 0 amide bonds. The van der Waals surface area contributed by atoms with Crippen LogP contribution in [0.15, 0.2) is 0 Å². The Morgan fingerprint density at radius 1 is 1.44 bits per heavy atom. The number of nitrogens with two attached hydrogens (primary N) is 1. The molecule has 2 bridgehead atoms. The fraction of sp³-hybridized carbons (Fsp3) is 1.00. The summed E-state index contributed by atoms with van der Waals surface area (Å²) in [5, 5.41) is 0. The van der Waals surface area contributed by atoms with E-state index in [0.717, 1.165) is 5.92 Å². The molecule has 2 aliphatic carbocycles. The van der Waals surface area contributed by atoms with Gasteiger partial charge in [-0.2, -0.15) is 0 Å². The molecule has 0 radical (unpaired) electrons. The van der Waals surface area contributed by atoms with Gasteiger partial charge in [0.1, 0.15) is 0 Å². The molecule has 2 saturated carbocycles. The normalized spacial score (nSPS) is 56.7. The van der Waals surface area contributed by atoms with Crippen molar-refractivity contribution in [2.75, 3.05) is 0 Å². The van der Waals surface area contributed by atoms with Crippen LogP contribution < -0.4 is 5.73 Å². The highest BCUT2D eigenvalue weighted by Crippen LogP contribution is 2.52. The van der Waals surface area contributed by atoms with Crippen molar-refractivity contribution < 1.29 is 0 Å². The summed E-state index contributed by atoms with van der Waals surface area (Å²) in [5.41, 5.74) is 6.56. The molecule has 2 aliphatic rings. The molecule has 2 N–H and O–H groups in total. The first kappa shape index (κ1) is 5.72. The summed E-state index contributed by atoms with van der Waals surface area (Å²) in [6.45, 7) is 2.39. The van der Waals surface area contributed by atoms with Gasteiger partial charge in [0, 0.05) is 6.04 Å². The minimum absolute atomic E-state index is 0.545. The summed E-state index contributed by atoms with van der Waals surface area (Å²) in [5.74, 6) is 0.884. The van der Waals surface area contributed by atoms with Crippen molar-refractivity contribution in [2.24, 2.45) is 17.1 Å². The van der Waals surface area contributed by atoms with Crippen LogP contribution in [0.25, 0.3) is 0 Å². The summed E-state index contributed by atoms with van der Waals surface area (Å²) in [6, 6.07) is 0.545. The van der Waals surface area contributed by atoms with Gasteiger partial charge >= 0.3 is 0 Å². The number of hydrogen-bond donors (Lipinski definition) is 1. The topological polar surface area (TPSA) is 26.0 Å². The quantitative estimate of drug-likeness (QED) is 0.522. The van der Waals surface area contributed by atoms with E-state index in [2.05, 4.69) is 6.92 Å². The van der Waals surface area contributed by atoms with Crippen LogP contribution in [0.5, 0.6) is 0 Å². The van der Waals surface area contributed by atoms with Crippen LogP contribution >= 0.6 is 0 Å². The van der Waals surface area contributed by atoms with Crippen molar-refractivity contribution >= 4 is 0 Å². The summed E-state index contributed by atoms with van der Waals surface area (Å²) in [6.07, 6.45) is 5.54. The van der Waals surface area contributed by atoms with Crippen LogP contribution in [-0.4, -0.2) is 6.04 Å². The Balaban J connectivity index is 2.19. The van der Waals surface area contributed by atoms with Crippen LogP contribution in [0.4, 0.5) is 0 Å². The second-order valence-corrected chi connectivity index (χ2v) is 4.18. The summed E-state index contributed by atoms with van der Waals surface area (Å²) in [7, 11) is 0. The molecule has 1 nitrogen and oxygen atoms in total. The van der Waals surface area contributed by atoms with Crippen molar-refractivity contribution in [3.05, 3.63) is 0 Å². The largest absolute Gasteiger partial charge is 0.327 e. The van der Waals surface area contributed by atoms with Crippen LogP contribution in [0.3, 0.4) is 0 Å². The van der Waals surface area contributed by atoms with Gasteiger partial charge in [-0.25, -0.2) is 0 Å². The molecule has 1 heteroatoms. The third-order valence-electron chi connectivity index (χ3n) is 3.21. The predicted octanol–water partition coefficient (Wildman–Crippen LogP) is 1.52. The average molecular weight is 125 g/mol. The second-order valence-electron chi connectivity index (χ2n) is 4.18. The summed E-state index contributed by atoms with van der Waals surface area (Å²) in [4.78, 5) is 0. The van der Waals surface area contributed by atoms with E-state index >= 15 is 0 Å². The van der Waals surface area contributed by atoms with E-state index in [1.807, 2.05) is 0 Å².